The van der Waals surface area contributed by atoms with Gasteiger partial charge in [0.25, 0.3) is 0 Å². The highest BCUT2D eigenvalue weighted by atomic mass is 16.5. The van der Waals surface area contributed by atoms with Crippen LogP contribution in [0, 0.1) is 36.5 Å². The normalized spacial score (nSPS) is 25.6. The van der Waals surface area contributed by atoms with E-state index >= 15 is 0 Å². The van der Waals surface area contributed by atoms with E-state index in [-0.39, 0.29) is 74.8 Å². The van der Waals surface area contributed by atoms with Crippen LogP contribution in [0.1, 0.15) is 349 Å². The molecule has 604 valence electrons. The number of phenolic OH excluding ortho intramolecular Hbond substituents is 4. The Bertz CT molecular complexity index is 4370. The molecule has 0 saturated carbocycles. The highest BCUT2D eigenvalue weighted by molar-refractivity contribution is 5.94. The Balaban J connectivity index is 0.000000138. The molecule has 5 aliphatic carbocycles. The number of carbonyl (C=O) groups is 1. The Labute approximate surface area is 666 Å². The SMILES string of the molecule is CC1=C[C@H]2c3c(O)cc(C)cc3OC(C)(C)[C@@H]2CC1.CCCCCc1cc(O)c2c(c1)OC(C)(C)[C@@H]1CCC(C)=C[C@@H]21.CCCCCc1cc2c(c(O)c1C(=O)O)[C@@H]1C=C(C)CC[C@H]1C(C)(C)O2.CCCCc1cc(O)c2c(c1)OC(C)(C)[C@H]1CCC(C)=C[C@@H]21.CCCc1cc(O)c2c(c1)OC(C)(C)[C@@H]1CCC(C)=C[C@@H]21. The highest BCUT2D eigenvalue weighted by Crippen LogP contribution is 2.60. The van der Waals surface area contributed by atoms with Gasteiger partial charge in [-0.3, -0.25) is 0 Å². The van der Waals surface area contributed by atoms with Crippen molar-refractivity contribution in [3.05, 3.63) is 174 Å². The van der Waals surface area contributed by atoms with Crippen LogP contribution in [-0.4, -0.2) is 64.6 Å². The van der Waals surface area contributed by atoms with Crippen LogP contribution in [0.2, 0.25) is 0 Å². The van der Waals surface area contributed by atoms with E-state index in [2.05, 4.69) is 180 Å². The lowest BCUT2D eigenvalue weighted by molar-refractivity contribution is 0.0102. The molecule has 10 aliphatic rings. The first kappa shape index (κ1) is 84.2. The first-order valence-corrected chi connectivity index (χ1v) is 42.7. The zero-order valence-corrected chi connectivity index (χ0v) is 71.3. The van der Waals surface area contributed by atoms with Crippen molar-refractivity contribution < 1.29 is 59.1 Å². The second-order valence-electron chi connectivity index (χ2n) is 37.5. The lowest BCUT2D eigenvalue weighted by Crippen LogP contribution is -2.45. The number of phenols is 5. The molecular weight excluding hydrogens is 1380 g/mol. The Morgan fingerprint density at radius 3 is 0.937 bits per heavy atom. The summed E-state index contributed by atoms with van der Waals surface area (Å²) in [5.74, 6) is 7.79. The number of aryl methyl sites for hydroxylation is 5. The first-order valence-electron chi connectivity index (χ1n) is 42.7. The summed E-state index contributed by atoms with van der Waals surface area (Å²) in [5, 5.41) is 62.9. The van der Waals surface area contributed by atoms with Gasteiger partial charge in [-0.05, 0) is 302 Å². The van der Waals surface area contributed by atoms with Gasteiger partial charge in [-0.2, -0.15) is 0 Å². The lowest BCUT2D eigenvalue weighted by Gasteiger charge is -2.46. The predicted octanol–water partition coefficient (Wildman–Crippen LogP) is 25.8. The van der Waals surface area contributed by atoms with Crippen molar-refractivity contribution >= 4 is 5.97 Å². The Hall–Kier alpha value is -7.73. The van der Waals surface area contributed by atoms with Crippen molar-refractivity contribution in [2.45, 2.75) is 344 Å². The number of hydrogen-bond acceptors (Lipinski definition) is 11. The maximum Gasteiger partial charge on any atom is 0.339 e. The standard InChI is InChI=1S/C22H30O4.C21H30O2.C20H28O2.C19H26O2.C17H22O2/c1-5-6-7-8-14-12-17-19(20(23)18(14)21(24)25)15-11-13(2)9-10-16(15)22(3,4)26-17;1-5-6-7-8-15-12-18(22)20-16-11-14(2)9-10-17(16)21(3,4)23-19(20)13-15;1-5-6-7-14-11-17(21)19-15-10-13(2)8-9-16(15)20(3,4)22-18(19)12-14;1-5-6-13-10-16(20)18-14-9-12(2)7-8-15(14)19(3,4)21-17(18)11-13;1-10-5-6-13-12(7-10)16-14(18)8-11(2)9-15(16)19-17(13,3)4/h11-12,15-16,23H,5-10H2,1-4H3,(H,24,25);11-13,16-17,22H,5-10H2,1-4H3;10-12,15-16,21H,5-9H2,1-4H3;9-11,14-15,20H,5-8H2,1-4H3;7-9,12-13,18H,5-6H2,1-4H3/t15-,16-;16-,17-;15-,16+;14-,15-;12-,13-/m11111/s1. The fraction of sp³-hybridized carbons (Fsp3) is 0.586. The van der Waals surface area contributed by atoms with Crippen molar-refractivity contribution in [2.24, 2.45) is 29.6 Å². The number of carboxylic acids is 1. The van der Waals surface area contributed by atoms with Crippen LogP contribution in [-0.2, 0) is 25.7 Å². The van der Waals surface area contributed by atoms with Crippen molar-refractivity contribution in [3.63, 3.8) is 0 Å². The summed E-state index contributed by atoms with van der Waals surface area (Å²) in [6.07, 6.45) is 36.3. The number of fused-ring (bicyclic) bond motifs is 15. The molecule has 10 atom stereocenters. The molecule has 111 heavy (non-hydrogen) atoms. The number of aromatic carboxylic acids is 1. The molecule has 0 bridgehead atoms. The van der Waals surface area contributed by atoms with Crippen LogP contribution < -0.4 is 23.7 Å². The monoisotopic (exact) mass is 1520 g/mol. The molecule has 0 amide bonds. The number of rotatable bonds is 14. The maximum absolute atomic E-state index is 11.9. The van der Waals surface area contributed by atoms with E-state index in [0.29, 0.717) is 70.0 Å². The molecule has 12 heteroatoms. The molecule has 5 heterocycles. The molecule has 0 aromatic heterocycles. The van der Waals surface area contributed by atoms with Crippen molar-refractivity contribution in [3.8, 4) is 57.5 Å². The second kappa shape index (κ2) is 34.1. The van der Waals surface area contributed by atoms with Crippen LogP contribution in [0.4, 0.5) is 0 Å². The largest absolute Gasteiger partial charge is 0.507 e. The average molecular weight is 1520 g/mol. The summed E-state index contributed by atoms with van der Waals surface area (Å²) >= 11 is 0. The molecule has 5 aromatic rings. The third kappa shape index (κ3) is 18.3. The number of carboxylic acid groups (broad SMARTS) is 1. The average Bonchev–Trinajstić information content (AvgIpc) is 0.760. The van der Waals surface area contributed by atoms with Gasteiger partial charge in [-0.25, -0.2) is 4.79 Å². The molecule has 5 aliphatic heterocycles. The van der Waals surface area contributed by atoms with E-state index in [9.17, 15) is 35.4 Å². The molecule has 15 rings (SSSR count). The second-order valence-corrected chi connectivity index (χ2v) is 37.5. The van der Waals surface area contributed by atoms with E-state index in [1.165, 1.54) is 63.8 Å². The van der Waals surface area contributed by atoms with E-state index in [1.54, 1.807) is 0 Å². The van der Waals surface area contributed by atoms with Crippen LogP contribution in [0.3, 0.4) is 0 Å². The fourth-order valence-electron chi connectivity index (χ4n) is 20.7. The Morgan fingerprint density at radius 1 is 0.342 bits per heavy atom. The number of aromatic hydroxyl groups is 5. The topological polar surface area (TPSA) is 185 Å². The van der Waals surface area contributed by atoms with Crippen LogP contribution >= 0.6 is 0 Å². The van der Waals surface area contributed by atoms with Gasteiger partial charge in [0.05, 0.1) is 0 Å². The van der Waals surface area contributed by atoms with E-state index < -0.39 is 5.97 Å². The summed E-state index contributed by atoms with van der Waals surface area (Å²) < 4.78 is 31.5. The van der Waals surface area contributed by atoms with Crippen LogP contribution in [0.15, 0.2) is 113 Å². The highest BCUT2D eigenvalue weighted by Gasteiger charge is 2.51. The molecule has 0 spiro atoms. The molecule has 0 fully saturated rings. The van der Waals surface area contributed by atoms with Crippen molar-refractivity contribution in [2.75, 3.05) is 0 Å². The van der Waals surface area contributed by atoms with Crippen molar-refractivity contribution in [1.82, 2.24) is 0 Å². The number of allylic oxidation sites excluding steroid dienone is 10. The molecule has 0 unspecified atom stereocenters. The molecule has 5 aromatic carbocycles. The van der Waals surface area contributed by atoms with Crippen LogP contribution in [0.25, 0.3) is 0 Å². The number of unbranched alkanes of at least 4 members (excludes halogenated alkanes) is 5. The molecule has 12 nitrogen and oxygen atoms in total. The predicted molar refractivity (Wildman–Crippen MR) is 451 cm³/mol. The van der Waals surface area contributed by atoms with Crippen LogP contribution in [0.5, 0.6) is 57.5 Å². The van der Waals surface area contributed by atoms with Crippen molar-refractivity contribution in [1.29, 1.82) is 0 Å². The summed E-state index contributed by atoms with van der Waals surface area (Å²) in [4.78, 5) is 11.9. The first-order chi connectivity index (χ1) is 52.4. The Morgan fingerprint density at radius 2 is 0.622 bits per heavy atom. The van der Waals surface area contributed by atoms with Gasteiger partial charge < -0.3 is 54.3 Å². The molecule has 6 N–H and O–H groups in total. The van der Waals surface area contributed by atoms with Gasteiger partial charge in [-0.1, -0.05) is 124 Å². The van der Waals surface area contributed by atoms with Gasteiger partial charge in [0.15, 0.2) is 0 Å². The summed E-state index contributed by atoms with van der Waals surface area (Å²) in [7, 11) is 0. The fourth-order valence-corrected chi connectivity index (χ4v) is 20.7. The minimum Gasteiger partial charge on any atom is -0.507 e. The maximum atomic E-state index is 11.9. The minimum absolute atomic E-state index is 0.00490. The zero-order chi connectivity index (χ0) is 80.6. The van der Waals surface area contributed by atoms with Gasteiger partial charge in [-0.15, -0.1) is 0 Å². The minimum atomic E-state index is -1.06. The van der Waals surface area contributed by atoms with Gasteiger partial charge in [0.1, 0.15) is 91.1 Å². The number of benzene rings is 5. The quantitative estimate of drug-likeness (QED) is 0.0457. The summed E-state index contributed by atoms with van der Waals surface area (Å²) in [6, 6.07) is 18.0. The molecule has 0 saturated heterocycles. The third-order valence-corrected chi connectivity index (χ3v) is 26.6. The number of hydrogen-bond donors (Lipinski definition) is 6. The zero-order valence-electron chi connectivity index (χ0n) is 71.3. The molecule has 0 radical (unpaired) electrons. The Kier molecular flexibility index (Phi) is 25.9. The summed E-state index contributed by atoms with van der Waals surface area (Å²) in [5.41, 5.74) is 15.9. The van der Waals surface area contributed by atoms with E-state index in [0.717, 1.165) is 173 Å². The van der Waals surface area contributed by atoms with Gasteiger partial charge in [0, 0.05) is 87.0 Å². The van der Waals surface area contributed by atoms with E-state index in [1.807, 2.05) is 43.3 Å². The summed E-state index contributed by atoms with van der Waals surface area (Å²) in [6.45, 7) is 43.2. The lowest BCUT2D eigenvalue weighted by atomic mass is 9.67. The molecular formula is C99H136O12. The third-order valence-electron chi connectivity index (χ3n) is 26.6. The van der Waals surface area contributed by atoms with E-state index in [4.69, 9.17) is 23.7 Å². The number of ether oxygens (including phenoxy) is 5. The van der Waals surface area contributed by atoms with Gasteiger partial charge in [0.2, 0.25) is 0 Å². The van der Waals surface area contributed by atoms with Gasteiger partial charge >= 0.3 is 5.97 Å². The smallest absolute Gasteiger partial charge is 0.339 e.